The van der Waals surface area contributed by atoms with Gasteiger partial charge in [-0.2, -0.15) is 0 Å². The van der Waals surface area contributed by atoms with Gasteiger partial charge in [0.15, 0.2) is 11.3 Å². The summed E-state index contributed by atoms with van der Waals surface area (Å²) in [5.41, 5.74) is 3.21. The molecule has 3 nitrogen and oxygen atoms in total. The topological polar surface area (TPSA) is 34.4 Å². The molecule has 0 radical (unpaired) electrons. The number of ether oxygens (including phenoxy) is 1. The maximum Gasteiger partial charge on any atom is 0.176 e. The van der Waals surface area contributed by atoms with E-state index in [1.807, 2.05) is 7.05 Å². The van der Waals surface area contributed by atoms with Crippen molar-refractivity contribution in [2.45, 2.75) is 45.8 Å². The first-order valence-corrected chi connectivity index (χ1v) is 6.84. The van der Waals surface area contributed by atoms with E-state index in [2.05, 4.69) is 45.1 Å². The lowest BCUT2D eigenvalue weighted by Gasteiger charge is -2.16. The molecule has 0 aliphatic carbocycles. The number of aryl methyl sites for hydroxylation is 1. The lowest BCUT2D eigenvalue weighted by atomic mass is 10.0. The fourth-order valence-corrected chi connectivity index (χ4v) is 2.89. The maximum atomic E-state index is 6.10. The first-order chi connectivity index (χ1) is 8.93. The van der Waals surface area contributed by atoms with Gasteiger partial charge in [0, 0.05) is 22.9 Å². The molecule has 0 saturated carbocycles. The minimum Gasteiger partial charge on any atom is -0.483 e. The Morgan fingerprint density at radius 2 is 2.05 bits per heavy atom. The number of fused-ring (bicyclic) bond motifs is 3. The average Bonchev–Trinajstić information content (AvgIpc) is 2.84. The van der Waals surface area contributed by atoms with Crippen molar-refractivity contribution in [3.05, 3.63) is 29.0 Å². The van der Waals surface area contributed by atoms with Gasteiger partial charge in [0.25, 0.3) is 0 Å². The molecule has 0 amide bonds. The monoisotopic (exact) mass is 259 g/mol. The van der Waals surface area contributed by atoms with Crippen LogP contribution in [0.1, 0.15) is 43.7 Å². The summed E-state index contributed by atoms with van der Waals surface area (Å²) in [6.07, 6.45) is 0.939. The zero-order valence-corrected chi connectivity index (χ0v) is 12.3. The van der Waals surface area contributed by atoms with E-state index < -0.39 is 0 Å². The third-order valence-corrected chi connectivity index (χ3v) is 4.00. The van der Waals surface area contributed by atoms with Crippen molar-refractivity contribution in [3.63, 3.8) is 0 Å². The molecule has 1 aromatic carbocycles. The lowest BCUT2D eigenvalue weighted by Crippen LogP contribution is -2.24. The van der Waals surface area contributed by atoms with E-state index >= 15 is 0 Å². The van der Waals surface area contributed by atoms with Gasteiger partial charge in [-0.05, 0) is 34.7 Å². The van der Waals surface area contributed by atoms with Crippen LogP contribution in [-0.4, -0.2) is 12.6 Å². The molecule has 1 atom stereocenters. The van der Waals surface area contributed by atoms with Gasteiger partial charge in [0.2, 0.25) is 0 Å². The summed E-state index contributed by atoms with van der Waals surface area (Å²) in [7, 11) is 1.95. The van der Waals surface area contributed by atoms with E-state index in [0.717, 1.165) is 28.9 Å². The van der Waals surface area contributed by atoms with E-state index in [9.17, 15) is 0 Å². The molecule has 0 spiro atoms. The van der Waals surface area contributed by atoms with Crippen molar-refractivity contribution in [3.8, 4) is 5.75 Å². The summed E-state index contributed by atoms with van der Waals surface area (Å²) >= 11 is 0. The highest BCUT2D eigenvalue weighted by Crippen LogP contribution is 2.43. The van der Waals surface area contributed by atoms with Gasteiger partial charge in [-0.15, -0.1) is 0 Å². The summed E-state index contributed by atoms with van der Waals surface area (Å²) in [6, 6.07) is 4.53. The number of furan rings is 1. The van der Waals surface area contributed by atoms with Crippen LogP contribution in [0.5, 0.6) is 5.75 Å². The van der Waals surface area contributed by atoms with Gasteiger partial charge in [-0.25, -0.2) is 0 Å². The Morgan fingerprint density at radius 3 is 2.74 bits per heavy atom. The first kappa shape index (κ1) is 12.5. The fourth-order valence-electron chi connectivity index (χ4n) is 2.89. The van der Waals surface area contributed by atoms with E-state index in [0.29, 0.717) is 0 Å². The molecule has 1 aliphatic rings. The molecular formula is C16H21NO2. The molecule has 1 aliphatic heterocycles. The molecule has 1 unspecified atom stereocenters. The van der Waals surface area contributed by atoms with E-state index in [-0.39, 0.29) is 11.6 Å². The van der Waals surface area contributed by atoms with Crippen LogP contribution in [-0.2, 0) is 6.42 Å². The van der Waals surface area contributed by atoms with Crippen LogP contribution in [0, 0.1) is 6.92 Å². The Kier molecular flexibility index (Phi) is 2.65. The van der Waals surface area contributed by atoms with Crippen molar-refractivity contribution in [2.24, 2.45) is 0 Å². The molecule has 3 rings (SSSR count). The molecular weight excluding hydrogens is 238 g/mol. The van der Waals surface area contributed by atoms with Gasteiger partial charge >= 0.3 is 0 Å². The molecule has 1 N–H and O–H groups in total. The molecule has 0 bridgehead atoms. The van der Waals surface area contributed by atoms with Gasteiger partial charge in [-0.3, -0.25) is 0 Å². The van der Waals surface area contributed by atoms with Crippen molar-refractivity contribution in [1.29, 1.82) is 0 Å². The minimum absolute atomic E-state index is 0.133. The maximum absolute atomic E-state index is 6.10. The molecule has 19 heavy (non-hydrogen) atoms. The van der Waals surface area contributed by atoms with Gasteiger partial charge in [0.1, 0.15) is 11.4 Å². The van der Waals surface area contributed by atoms with Gasteiger partial charge < -0.3 is 14.5 Å². The Bertz CT molecular complexity index is 640. The van der Waals surface area contributed by atoms with Crippen molar-refractivity contribution in [1.82, 2.24) is 5.32 Å². The van der Waals surface area contributed by atoms with E-state index in [1.165, 1.54) is 11.1 Å². The number of hydrogen-bond acceptors (Lipinski definition) is 3. The van der Waals surface area contributed by atoms with Gasteiger partial charge in [-0.1, -0.05) is 12.1 Å². The second kappa shape index (κ2) is 4.01. The molecule has 2 heterocycles. The Morgan fingerprint density at radius 1 is 1.32 bits per heavy atom. The highest BCUT2D eigenvalue weighted by molar-refractivity contribution is 5.89. The Balaban J connectivity index is 2.21. The average molecular weight is 259 g/mol. The SMILES string of the molecule is CNC(C)c1oc2c3c(ccc2c1C)CC(C)(C)O3. The lowest BCUT2D eigenvalue weighted by molar-refractivity contribution is 0.138. The first-order valence-electron chi connectivity index (χ1n) is 6.84. The molecule has 2 aromatic rings. The minimum atomic E-state index is -0.133. The Hall–Kier alpha value is -1.48. The second-order valence-corrected chi connectivity index (χ2v) is 6.07. The van der Waals surface area contributed by atoms with Crippen LogP contribution >= 0.6 is 0 Å². The van der Waals surface area contributed by atoms with E-state index in [1.54, 1.807) is 0 Å². The molecule has 3 heteroatoms. The van der Waals surface area contributed by atoms with Crippen LogP contribution in [0.2, 0.25) is 0 Å². The van der Waals surface area contributed by atoms with Crippen molar-refractivity contribution < 1.29 is 9.15 Å². The Labute approximate surface area is 113 Å². The molecule has 0 fully saturated rings. The number of nitrogens with one attached hydrogen (secondary N) is 1. The van der Waals surface area contributed by atoms with Crippen LogP contribution in [0.15, 0.2) is 16.5 Å². The van der Waals surface area contributed by atoms with E-state index in [4.69, 9.17) is 9.15 Å². The summed E-state index contributed by atoms with van der Waals surface area (Å²) in [4.78, 5) is 0. The highest BCUT2D eigenvalue weighted by Gasteiger charge is 2.33. The summed E-state index contributed by atoms with van der Waals surface area (Å²) in [6.45, 7) is 8.45. The van der Waals surface area contributed by atoms with Gasteiger partial charge in [0.05, 0.1) is 6.04 Å². The third-order valence-electron chi connectivity index (χ3n) is 4.00. The smallest absolute Gasteiger partial charge is 0.176 e. The van der Waals surface area contributed by atoms with Crippen LogP contribution < -0.4 is 10.1 Å². The third kappa shape index (κ3) is 1.84. The van der Waals surface area contributed by atoms with Crippen molar-refractivity contribution in [2.75, 3.05) is 7.05 Å². The number of rotatable bonds is 2. The summed E-state index contributed by atoms with van der Waals surface area (Å²) < 4.78 is 12.2. The normalized spacial score (nSPS) is 18.4. The predicted molar refractivity (Wildman–Crippen MR) is 76.8 cm³/mol. The molecule has 1 aromatic heterocycles. The van der Waals surface area contributed by atoms with Crippen LogP contribution in [0.4, 0.5) is 0 Å². The zero-order valence-electron chi connectivity index (χ0n) is 12.3. The number of benzene rings is 1. The second-order valence-electron chi connectivity index (χ2n) is 6.07. The van der Waals surface area contributed by atoms with Crippen LogP contribution in [0.3, 0.4) is 0 Å². The fraction of sp³-hybridized carbons (Fsp3) is 0.500. The summed E-state index contributed by atoms with van der Waals surface area (Å²) in [5.74, 6) is 1.93. The quantitative estimate of drug-likeness (QED) is 0.892. The molecule has 102 valence electrons. The van der Waals surface area contributed by atoms with Crippen LogP contribution in [0.25, 0.3) is 11.0 Å². The summed E-state index contributed by atoms with van der Waals surface area (Å²) in [5, 5.41) is 4.39. The largest absolute Gasteiger partial charge is 0.483 e. The standard InChI is InChI=1S/C16H21NO2/c1-9-12-7-6-11-8-16(3,4)19-14(11)15(12)18-13(9)10(2)17-5/h6-7,10,17H,8H2,1-5H3. The van der Waals surface area contributed by atoms with Crippen molar-refractivity contribution >= 4 is 11.0 Å². The predicted octanol–water partition coefficient (Wildman–Crippen LogP) is 3.74. The molecule has 0 saturated heterocycles. The highest BCUT2D eigenvalue weighted by atomic mass is 16.5. The number of hydrogen-bond donors (Lipinski definition) is 1. The zero-order chi connectivity index (χ0) is 13.8.